The number of carbonyl (C=O) groups is 4. The van der Waals surface area contributed by atoms with Gasteiger partial charge in [0.05, 0.1) is 12.2 Å². The van der Waals surface area contributed by atoms with Crippen molar-refractivity contribution in [1.82, 2.24) is 20.7 Å². The Hall–Kier alpha value is -3.66. The number of aromatic nitrogens is 1. The molecular formula is C22H28N4O6. The number of hydrogen-bond donors (Lipinski definition) is 4. The molecule has 0 saturated carbocycles. The van der Waals surface area contributed by atoms with Crippen molar-refractivity contribution in [3.05, 3.63) is 48.7 Å². The maximum Gasteiger partial charge on any atom is 0.326 e. The van der Waals surface area contributed by atoms with Gasteiger partial charge in [-0.05, 0) is 18.9 Å². The van der Waals surface area contributed by atoms with Crippen LogP contribution in [0.25, 0.3) is 10.9 Å². The van der Waals surface area contributed by atoms with Crippen LogP contribution in [-0.4, -0.2) is 52.1 Å². The molecule has 1 aromatic carbocycles. The van der Waals surface area contributed by atoms with Gasteiger partial charge in [0.15, 0.2) is 0 Å². The summed E-state index contributed by atoms with van der Waals surface area (Å²) in [5, 5.41) is 14.9. The van der Waals surface area contributed by atoms with Crippen molar-refractivity contribution >= 4 is 34.6 Å². The molecule has 2 rings (SSSR count). The van der Waals surface area contributed by atoms with Crippen LogP contribution in [0.1, 0.15) is 31.1 Å². The second kappa shape index (κ2) is 11.1. The van der Waals surface area contributed by atoms with E-state index in [-0.39, 0.29) is 24.6 Å². The Kier molecular flexibility index (Phi) is 8.54. The Balaban J connectivity index is 2.16. The lowest BCUT2D eigenvalue weighted by Gasteiger charge is -2.21. The largest absolute Gasteiger partial charge is 0.480 e. The van der Waals surface area contributed by atoms with Gasteiger partial charge >= 0.3 is 5.97 Å². The normalized spacial score (nSPS) is 12.8. The minimum absolute atomic E-state index is 0.0876. The van der Waals surface area contributed by atoms with E-state index in [9.17, 15) is 24.3 Å². The first-order chi connectivity index (χ1) is 15.1. The second-order valence-electron chi connectivity index (χ2n) is 7.58. The number of carboxylic acids is 1. The lowest BCUT2D eigenvalue weighted by Crippen LogP contribution is -2.52. The van der Waals surface area contributed by atoms with Gasteiger partial charge in [-0.3, -0.25) is 19.2 Å². The van der Waals surface area contributed by atoms with E-state index in [4.69, 9.17) is 4.84 Å². The number of nitrogens with one attached hydrogen (secondary N) is 3. The minimum atomic E-state index is -1.15. The van der Waals surface area contributed by atoms with Crippen LogP contribution in [0.15, 0.2) is 43.1 Å². The molecule has 2 aromatic rings. The average Bonchev–Trinajstić information content (AvgIpc) is 3.10. The molecule has 0 aliphatic rings. The first-order valence-corrected chi connectivity index (χ1v) is 10.1. The third-order valence-corrected chi connectivity index (χ3v) is 4.71. The molecule has 32 heavy (non-hydrogen) atoms. The summed E-state index contributed by atoms with van der Waals surface area (Å²) < 4.78 is 1.60. The third kappa shape index (κ3) is 6.17. The van der Waals surface area contributed by atoms with Gasteiger partial charge in [0.25, 0.3) is 11.8 Å². The fraction of sp³-hybridized carbons (Fsp3) is 0.364. The minimum Gasteiger partial charge on any atom is -0.480 e. The molecule has 0 aliphatic heterocycles. The van der Waals surface area contributed by atoms with E-state index in [1.807, 2.05) is 0 Å². The Labute approximate surface area is 185 Å². The molecule has 2 atom stereocenters. The van der Waals surface area contributed by atoms with Crippen LogP contribution in [0.5, 0.6) is 0 Å². The number of benzene rings is 1. The Morgan fingerprint density at radius 1 is 1.16 bits per heavy atom. The number of carbonyl (C=O) groups excluding carboxylic acids is 3. The van der Waals surface area contributed by atoms with Crippen molar-refractivity contribution in [2.24, 2.45) is 5.92 Å². The summed E-state index contributed by atoms with van der Waals surface area (Å²) in [4.78, 5) is 53.6. The van der Waals surface area contributed by atoms with Crippen molar-refractivity contribution < 1.29 is 29.1 Å². The van der Waals surface area contributed by atoms with E-state index in [1.165, 1.54) is 19.2 Å². The molecule has 0 radical (unpaired) electrons. The standard InChI is InChI=1S/C22H28N4O6/c1-5-10-32-25-18(27)12-26-11-16(15-8-6-7-9-17(15)26)21(29)23-14(4)20(28)24-19(13(2)3)22(30)31/h5-9,11,13-14,19H,1,10,12H2,2-4H3,(H,23,29)(H,24,28)(H,25,27)(H,30,31)/t14-,19-/m0/s1. The van der Waals surface area contributed by atoms with E-state index >= 15 is 0 Å². The van der Waals surface area contributed by atoms with Crippen LogP contribution in [0.3, 0.4) is 0 Å². The highest BCUT2D eigenvalue weighted by atomic mass is 16.6. The number of carboxylic acid groups (broad SMARTS) is 1. The molecule has 3 amide bonds. The SMILES string of the molecule is C=CCONC(=O)Cn1cc(C(=O)N[C@@H](C)C(=O)N[C@H](C(=O)O)C(C)C)c2ccccc21. The van der Waals surface area contributed by atoms with Crippen LogP contribution < -0.4 is 16.1 Å². The number of para-hydroxylation sites is 1. The summed E-state index contributed by atoms with van der Waals surface area (Å²) >= 11 is 0. The monoisotopic (exact) mass is 444 g/mol. The molecule has 0 spiro atoms. The van der Waals surface area contributed by atoms with Crippen molar-refractivity contribution in [1.29, 1.82) is 0 Å². The zero-order chi connectivity index (χ0) is 23.8. The van der Waals surface area contributed by atoms with Crippen molar-refractivity contribution in [2.75, 3.05) is 6.61 Å². The van der Waals surface area contributed by atoms with Gasteiger partial charge in [-0.1, -0.05) is 38.1 Å². The molecule has 0 bridgehead atoms. The summed E-state index contributed by atoms with van der Waals surface area (Å²) in [6.45, 7) is 8.38. The van der Waals surface area contributed by atoms with Gasteiger partial charge < -0.3 is 20.3 Å². The summed E-state index contributed by atoms with van der Waals surface area (Å²) in [6, 6.07) is 5.00. The molecular weight excluding hydrogens is 416 g/mol. The maximum absolute atomic E-state index is 12.9. The number of hydroxylamine groups is 1. The summed E-state index contributed by atoms with van der Waals surface area (Å²) in [5.41, 5.74) is 3.22. The predicted octanol–water partition coefficient (Wildman–Crippen LogP) is 1.22. The van der Waals surface area contributed by atoms with Gasteiger partial charge in [-0.2, -0.15) is 0 Å². The zero-order valence-electron chi connectivity index (χ0n) is 18.3. The lowest BCUT2D eigenvalue weighted by atomic mass is 10.0. The Morgan fingerprint density at radius 3 is 2.47 bits per heavy atom. The highest BCUT2D eigenvalue weighted by Gasteiger charge is 2.27. The molecule has 0 fully saturated rings. The van der Waals surface area contributed by atoms with Crippen LogP contribution in [0.4, 0.5) is 0 Å². The van der Waals surface area contributed by atoms with E-state index in [0.717, 1.165) is 0 Å². The third-order valence-electron chi connectivity index (χ3n) is 4.71. The number of nitrogens with zero attached hydrogens (tertiary/aromatic N) is 1. The molecule has 0 saturated heterocycles. The van der Waals surface area contributed by atoms with E-state index in [2.05, 4.69) is 22.7 Å². The maximum atomic E-state index is 12.9. The molecule has 0 aliphatic carbocycles. The first-order valence-electron chi connectivity index (χ1n) is 10.1. The molecule has 0 unspecified atom stereocenters. The summed E-state index contributed by atoms with van der Waals surface area (Å²) in [7, 11) is 0. The number of hydrogen-bond acceptors (Lipinski definition) is 5. The molecule has 172 valence electrons. The molecule has 1 heterocycles. The van der Waals surface area contributed by atoms with Crippen LogP contribution in [0, 0.1) is 5.92 Å². The van der Waals surface area contributed by atoms with Crippen LogP contribution >= 0.6 is 0 Å². The van der Waals surface area contributed by atoms with Gasteiger partial charge in [0.2, 0.25) is 5.91 Å². The number of amides is 3. The molecule has 4 N–H and O–H groups in total. The van der Waals surface area contributed by atoms with Crippen molar-refractivity contribution in [2.45, 2.75) is 39.4 Å². The van der Waals surface area contributed by atoms with Crippen molar-refractivity contribution in [3.63, 3.8) is 0 Å². The molecule has 10 heteroatoms. The highest BCUT2D eigenvalue weighted by molar-refractivity contribution is 6.08. The smallest absolute Gasteiger partial charge is 0.326 e. The van der Waals surface area contributed by atoms with Gasteiger partial charge in [-0.15, -0.1) is 6.58 Å². The van der Waals surface area contributed by atoms with E-state index < -0.39 is 35.8 Å². The van der Waals surface area contributed by atoms with Crippen LogP contribution in [-0.2, 0) is 25.8 Å². The second-order valence-corrected chi connectivity index (χ2v) is 7.58. The Morgan fingerprint density at radius 2 is 1.84 bits per heavy atom. The fourth-order valence-electron chi connectivity index (χ4n) is 3.06. The fourth-order valence-corrected chi connectivity index (χ4v) is 3.06. The topological polar surface area (TPSA) is 139 Å². The van der Waals surface area contributed by atoms with Gasteiger partial charge in [0, 0.05) is 17.1 Å². The zero-order valence-corrected chi connectivity index (χ0v) is 18.3. The summed E-state index contributed by atoms with van der Waals surface area (Å²) in [5.74, 6) is -3.02. The number of rotatable bonds is 11. The van der Waals surface area contributed by atoms with Gasteiger partial charge in [0.1, 0.15) is 18.6 Å². The van der Waals surface area contributed by atoms with Gasteiger partial charge in [-0.25, -0.2) is 10.3 Å². The number of fused-ring (bicyclic) bond motifs is 1. The molecule has 1 aromatic heterocycles. The summed E-state index contributed by atoms with van der Waals surface area (Å²) in [6.07, 6.45) is 3.01. The first kappa shape index (κ1) is 24.6. The molecule has 10 nitrogen and oxygen atoms in total. The average molecular weight is 444 g/mol. The van der Waals surface area contributed by atoms with E-state index in [0.29, 0.717) is 10.9 Å². The lowest BCUT2D eigenvalue weighted by molar-refractivity contribution is -0.143. The van der Waals surface area contributed by atoms with Crippen LogP contribution in [0.2, 0.25) is 0 Å². The predicted molar refractivity (Wildman–Crippen MR) is 118 cm³/mol. The van der Waals surface area contributed by atoms with Crippen molar-refractivity contribution in [3.8, 4) is 0 Å². The highest BCUT2D eigenvalue weighted by Crippen LogP contribution is 2.21. The van der Waals surface area contributed by atoms with E-state index in [1.54, 1.807) is 42.7 Å². The number of aliphatic carboxylic acids is 1. The Bertz CT molecular complexity index is 1010. The quantitative estimate of drug-likeness (QED) is 0.234.